The minimum Gasteiger partial charge on any atom is -0.396 e. The fourth-order valence-electron chi connectivity index (χ4n) is 2.75. The highest BCUT2D eigenvalue weighted by atomic mass is 32.1. The number of carbonyl (C=O) groups is 1. The highest BCUT2D eigenvalue weighted by molar-refractivity contribution is 7.09. The van der Waals surface area contributed by atoms with Crippen molar-refractivity contribution in [2.75, 3.05) is 6.61 Å². The van der Waals surface area contributed by atoms with Crippen molar-refractivity contribution in [2.45, 2.75) is 52.6 Å². The quantitative estimate of drug-likeness (QED) is 0.814. The van der Waals surface area contributed by atoms with Gasteiger partial charge < -0.3 is 15.0 Å². The summed E-state index contributed by atoms with van der Waals surface area (Å²) < 4.78 is 2.18. The van der Waals surface area contributed by atoms with E-state index >= 15 is 0 Å². The van der Waals surface area contributed by atoms with Crippen molar-refractivity contribution in [2.24, 2.45) is 0 Å². The molecule has 5 heteroatoms. The van der Waals surface area contributed by atoms with Crippen LogP contribution in [0.15, 0.2) is 23.6 Å². The molecule has 1 amide bonds. The second-order valence-corrected chi connectivity index (χ2v) is 7.32. The molecule has 2 rings (SSSR count). The van der Waals surface area contributed by atoms with Crippen LogP contribution < -0.4 is 5.32 Å². The van der Waals surface area contributed by atoms with Gasteiger partial charge in [-0.3, -0.25) is 4.79 Å². The average molecular weight is 334 g/mol. The Labute approximate surface area is 142 Å². The van der Waals surface area contributed by atoms with Gasteiger partial charge in [0.15, 0.2) is 0 Å². The molecule has 0 spiro atoms. The second kappa shape index (κ2) is 7.32. The molecule has 0 fully saturated rings. The van der Waals surface area contributed by atoms with Gasteiger partial charge in [0.1, 0.15) is 0 Å². The van der Waals surface area contributed by atoms with Gasteiger partial charge in [0.05, 0.1) is 12.1 Å². The normalized spacial score (nSPS) is 13.8. The first-order valence-electron chi connectivity index (χ1n) is 8.02. The third kappa shape index (κ3) is 4.03. The number of hydrogen-bond acceptors (Lipinski definition) is 3. The maximum absolute atomic E-state index is 12.7. The number of amides is 1. The Morgan fingerprint density at radius 2 is 2.17 bits per heavy atom. The standard InChI is InChI=1S/C18H26N2O2S/c1-5-18(4,8-9-21)19-17(22)16-11-13(2)20(14(16)3)12-15-7-6-10-23-15/h6-7,10-11,21H,5,8-9,12H2,1-4H3,(H,19,22). The highest BCUT2D eigenvalue weighted by Crippen LogP contribution is 2.21. The number of aliphatic hydroxyl groups is 1. The Morgan fingerprint density at radius 3 is 2.74 bits per heavy atom. The van der Waals surface area contributed by atoms with E-state index in [1.807, 2.05) is 39.8 Å². The number of nitrogens with one attached hydrogen (secondary N) is 1. The molecule has 4 nitrogen and oxygen atoms in total. The molecule has 0 aliphatic carbocycles. The lowest BCUT2D eigenvalue weighted by Gasteiger charge is -2.29. The smallest absolute Gasteiger partial charge is 0.253 e. The van der Waals surface area contributed by atoms with Crippen LogP contribution >= 0.6 is 11.3 Å². The van der Waals surface area contributed by atoms with E-state index < -0.39 is 0 Å². The first-order chi connectivity index (χ1) is 10.9. The molecule has 0 bridgehead atoms. The maximum atomic E-state index is 12.7. The molecule has 1 atom stereocenters. The summed E-state index contributed by atoms with van der Waals surface area (Å²) in [6.07, 6.45) is 1.34. The van der Waals surface area contributed by atoms with Crippen molar-refractivity contribution in [3.8, 4) is 0 Å². The van der Waals surface area contributed by atoms with Crippen LogP contribution in [0, 0.1) is 13.8 Å². The molecule has 23 heavy (non-hydrogen) atoms. The van der Waals surface area contributed by atoms with E-state index in [0.29, 0.717) is 6.42 Å². The van der Waals surface area contributed by atoms with E-state index in [9.17, 15) is 9.90 Å². The third-order valence-corrected chi connectivity index (χ3v) is 5.43. The molecule has 2 aromatic rings. The van der Waals surface area contributed by atoms with Gasteiger partial charge in [-0.05, 0) is 51.1 Å². The van der Waals surface area contributed by atoms with E-state index in [1.165, 1.54) is 4.88 Å². The van der Waals surface area contributed by atoms with Gasteiger partial charge in [-0.25, -0.2) is 0 Å². The van der Waals surface area contributed by atoms with Crippen LogP contribution in [0.1, 0.15) is 53.3 Å². The average Bonchev–Trinajstić information content (AvgIpc) is 3.11. The zero-order valence-electron chi connectivity index (χ0n) is 14.3. The first kappa shape index (κ1) is 17.8. The van der Waals surface area contributed by atoms with Crippen LogP contribution in [0.25, 0.3) is 0 Å². The number of aryl methyl sites for hydroxylation is 1. The predicted molar refractivity (Wildman–Crippen MR) is 95.2 cm³/mol. The minimum absolute atomic E-state index is 0.0617. The van der Waals surface area contributed by atoms with Crippen molar-refractivity contribution in [3.63, 3.8) is 0 Å². The summed E-state index contributed by atoms with van der Waals surface area (Å²) in [6, 6.07) is 6.11. The Hall–Kier alpha value is -1.59. The van der Waals surface area contributed by atoms with Gasteiger partial charge in [-0.15, -0.1) is 11.3 Å². The second-order valence-electron chi connectivity index (χ2n) is 6.29. The highest BCUT2D eigenvalue weighted by Gasteiger charge is 2.26. The van der Waals surface area contributed by atoms with E-state index in [4.69, 9.17) is 0 Å². The lowest BCUT2D eigenvalue weighted by Crippen LogP contribution is -2.46. The summed E-state index contributed by atoms with van der Waals surface area (Å²) in [5, 5.41) is 14.4. The first-order valence-corrected chi connectivity index (χ1v) is 8.90. The molecule has 1 unspecified atom stereocenters. The Balaban J connectivity index is 2.21. The van der Waals surface area contributed by atoms with Crippen molar-refractivity contribution >= 4 is 17.2 Å². The zero-order chi connectivity index (χ0) is 17.0. The van der Waals surface area contributed by atoms with Gasteiger partial charge in [0.2, 0.25) is 0 Å². The summed E-state index contributed by atoms with van der Waals surface area (Å²) in [5.74, 6) is -0.0617. The number of carbonyl (C=O) groups excluding carboxylic acids is 1. The van der Waals surface area contributed by atoms with Crippen LogP contribution in [0.4, 0.5) is 0 Å². The molecule has 0 aliphatic heterocycles. The number of aliphatic hydroxyl groups excluding tert-OH is 1. The monoisotopic (exact) mass is 334 g/mol. The van der Waals surface area contributed by atoms with Crippen molar-refractivity contribution in [3.05, 3.63) is 45.4 Å². The van der Waals surface area contributed by atoms with Crippen LogP contribution in [0.5, 0.6) is 0 Å². The number of rotatable bonds is 7. The van der Waals surface area contributed by atoms with E-state index in [2.05, 4.69) is 21.3 Å². The van der Waals surface area contributed by atoms with E-state index in [0.717, 1.165) is 29.9 Å². The summed E-state index contributed by atoms with van der Waals surface area (Å²) >= 11 is 1.72. The minimum atomic E-state index is -0.373. The maximum Gasteiger partial charge on any atom is 0.253 e. The van der Waals surface area contributed by atoms with Gasteiger partial charge in [0, 0.05) is 28.4 Å². The number of thiophene rings is 1. The number of aromatic nitrogens is 1. The Morgan fingerprint density at radius 1 is 1.43 bits per heavy atom. The predicted octanol–water partition coefficient (Wildman–Crippen LogP) is 3.50. The van der Waals surface area contributed by atoms with Crippen LogP contribution in [0.3, 0.4) is 0 Å². The van der Waals surface area contributed by atoms with Gasteiger partial charge in [0.25, 0.3) is 5.91 Å². The number of nitrogens with zero attached hydrogens (tertiary/aromatic N) is 1. The molecular formula is C18H26N2O2S. The van der Waals surface area contributed by atoms with Gasteiger partial charge >= 0.3 is 0 Å². The van der Waals surface area contributed by atoms with Crippen LogP contribution in [-0.4, -0.2) is 27.7 Å². The molecule has 0 aromatic carbocycles. The molecule has 126 valence electrons. The molecule has 2 aromatic heterocycles. The topological polar surface area (TPSA) is 54.3 Å². The zero-order valence-corrected chi connectivity index (χ0v) is 15.2. The lowest BCUT2D eigenvalue weighted by molar-refractivity contribution is 0.0885. The van der Waals surface area contributed by atoms with Crippen LogP contribution in [-0.2, 0) is 6.54 Å². The van der Waals surface area contributed by atoms with Gasteiger partial charge in [-0.1, -0.05) is 13.0 Å². The molecule has 2 heterocycles. The largest absolute Gasteiger partial charge is 0.396 e. The SMILES string of the molecule is CCC(C)(CCO)NC(=O)c1cc(C)n(Cc2cccs2)c1C. The van der Waals surface area contributed by atoms with Crippen molar-refractivity contribution in [1.29, 1.82) is 0 Å². The van der Waals surface area contributed by atoms with E-state index in [-0.39, 0.29) is 18.1 Å². The summed E-state index contributed by atoms with van der Waals surface area (Å²) in [4.78, 5) is 14.0. The number of hydrogen-bond donors (Lipinski definition) is 2. The Bertz CT molecular complexity index is 661. The lowest BCUT2D eigenvalue weighted by atomic mass is 9.94. The summed E-state index contributed by atoms with van der Waals surface area (Å²) in [5.41, 5.74) is 2.41. The van der Waals surface area contributed by atoms with Crippen LogP contribution in [0.2, 0.25) is 0 Å². The molecule has 0 saturated carbocycles. The summed E-state index contributed by atoms with van der Waals surface area (Å²) in [7, 11) is 0. The molecule has 0 aliphatic rings. The molecule has 0 radical (unpaired) electrons. The molecular weight excluding hydrogens is 308 g/mol. The Kier molecular flexibility index (Phi) is 5.65. The fraction of sp³-hybridized carbons (Fsp3) is 0.500. The fourth-order valence-corrected chi connectivity index (χ4v) is 3.44. The van der Waals surface area contributed by atoms with E-state index in [1.54, 1.807) is 11.3 Å². The summed E-state index contributed by atoms with van der Waals surface area (Å²) in [6.45, 7) is 8.89. The van der Waals surface area contributed by atoms with Crippen molar-refractivity contribution in [1.82, 2.24) is 9.88 Å². The molecule has 2 N–H and O–H groups in total. The van der Waals surface area contributed by atoms with Gasteiger partial charge in [-0.2, -0.15) is 0 Å². The van der Waals surface area contributed by atoms with Crippen molar-refractivity contribution < 1.29 is 9.90 Å². The third-order valence-electron chi connectivity index (χ3n) is 4.57. The molecule has 0 saturated heterocycles.